The highest BCUT2D eigenvalue weighted by molar-refractivity contribution is 5.53. The van der Waals surface area contributed by atoms with Crippen LogP contribution in [0.2, 0.25) is 0 Å². The second-order valence-corrected chi connectivity index (χ2v) is 3.60. The lowest BCUT2D eigenvalue weighted by molar-refractivity contribution is 0.474. The Morgan fingerprint density at radius 1 is 1.22 bits per heavy atom. The van der Waals surface area contributed by atoms with Crippen LogP contribution in [0.25, 0.3) is 0 Å². The van der Waals surface area contributed by atoms with E-state index in [1.807, 2.05) is 0 Å². The molecule has 2 rings (SSSR count). The molecule has 1 aromatic carbocycles. The van der Waals surface area contributed by atoms with Crippen LogP contribution in [-0.4, -0.2) is 10.2 Å². The van der Waals surface area contributed by atoms with Gasteiger partial charge in [0.05, 0.1) is 6.04 Å². The molecule has 0 saturated carbocycles. The minimum Gasteiger partial charge on any atom is -0.406 e. The van der Waals surface area contributed by atoms with E-state index in [9.17, 15) is 13.2 Å². The molecule has 0 aliphatic carbocycles. The molecule has 0 fully saturated rings. The van der Waals surface area contributed by atoms with Gasteiger partial charge in [-0.1, -0.05) is 5.10 Å². The molecule has 96 valence electrons. The van der Waals surface area contributed by atoms with Crippen molar-refractivity contribution in [1.82, 2.24) is 10.2 Å². The van der Waals surface area contributed by atoms with Crippen LogP contribution in [0.5, 0.6) is 0 Å². The summed E-state index contributed by atoms with van der Waals surface area (Å²) in [6, 6.07) is 0.338. The highest BCUT2D eigenvalue weighted by atomic mass is 19.1. The molecule has 0 aliphatic rings. The van der Waals surface area contributed by atoms with E-state index in [1.54, 1.807) is 6.92 Å². The van der Waals surface area contributed by atoms with Crippen molar-refractivity contribution in [3.63, 3.8) is 0 Å². The molecule has 0 spiro atoms. The summed E-state index contributed by atoms with van der Waals surface area (Å²) in [7, 11) is 0. The zero-order valence-corrected chi connectivity index (χ0v) is 9.25. The first-order chi connectivity index (χ1) is 8.47. The van der Waals surface area contributed by atoms with Gasteiger partial charge in [-0.2, -0.15) is 0 Å². The maximum atomic E-state index is 13.3. The molecule has 1 atom stereocenters. The largest absolute Gasteiger partial charge is 0.406 e. The summed E-state index contributed by atoms with van der Waals surface area (Å²) >= 11 is 0. The fourth-order valence-corrected chi connectivity index (χ4v) is 1.24. The Morgan fingerprint density at radius 3 is 2.33 bits per heavy atom. The predicted octanol–water partition coefficient (Wildman–Crippen LogP) is 2.25. The predicted molar refractivity (Wildman–Crippen MR) is 56.5 cm³/mol. The Labute approximate surface area is 99.8 Å². The molecule has 8 heteroatoms. The van der Waals surface area contributed by atoms with Crippen molar-refractivity contribution in [3.8, 4) is 0 Å². The van der Waals surface area contributed by atoms with Crippen LogP contribution in [-0.2, 0) is 0 Å². The number of anilines is 2. The minimum atomic E-state index is -1.10. The Morgan fingerprint density at radius 2 is 1.83 bits per heavy atom. The van der Waals surface area contributed by atoms with Gasteiger partial charge in [0, 0.05) is 12.1 Å². The van der Waals surface area contributed by atoms with Crippen LogP contribution in [0.1, 0.15) is 18.9 Å². The van der Waals surface area contributed by atoms with Gasteiger partial charge < -0.3 is 15.5 Å². The highest BCUT2D eigenvalue weighted by Gasteiger charge is 2.15. The summed E-state index contributed by atoms with van der Waals surface area (Å²) in [5, 5.41) is 9.30. The number of halogens is 3. The molecule has 1 aromatic heterocycles. The molecule has 0 bridgehead atoms. The van der Waals surface area contributed by atoms with Crippen molar-refractivity contribution in [2.75, 3.05) is 5.32 Å². The summed E-state index contributed by atoms with van der Waals surface area (Å²) in [5.41, 5.74) is 4.91. The van der Waals surface area contributed by atoms with E-state index in [2.05, 4.69) is 15.5 Å². The molecule has 1 heterocycles. The van der Waals surface area contributed by atoms with Crippen LogP contribution in [0, 0.1) is 17.5 Å². The first-order valence-corrected chi connectivity index (χ1v) is 4.98. The molecule has 0 saturated heterocycles. The number of hydrogen-bond acceptors (Lipinski definition) is 5. The first-order valence-electron chi connectivity index (χ1n) is 4.98. The first kappa shape index (κ1) is 12.4. The maximum absolute atomic E-state index is 13.3. The van der Waals surface area contributed by atoms with E-state index in [0.29, 0.717) is 12.1 Å². The molecule has 3 N–H and O–H groups in total. The average molecular weight is 258 g/mol. The SMILES string of the molecule is CC(N)c1nnc(Nc2c(F)cc(F)cc2F)o1. The van der Waals surface area contributed by atoms with Crippen molar-refractivity contribution in [3.05, 3.63) is 35.5 Å². The summed E-state index contributed by atoms with van der Waals surface area (Å²) < 4.78 is 44.3. The van der Waals surface area contributed by atoms with Gasteiger partial charge in [-0.25, -0.2) is 13.2 Å². The Kier molecular flexibility index (Phi) is 3.19. The fraction of sp³-hybridized carbons (Fsp3) is 0.200. The van der Waals surface area contributed by atoms with E-state index in [-0.39, 0.29) is 11.9 Å². The quantitative estimate of drug-likeness (QED) is 0.882. The normalized spacial score (nSPS) is 12.5. The second kappa shape index (κ2) is 4.65. The number of aromatic nitrogens is 2. The van der Waals surface area contributed by atoms with Gasteiger partial charge in [-0.15, -0.1) is 5.10 Å². The highest BCUT2D eigenvalue weighted by Crippen LogP contribution is 2.24. The van der Waals surface area contributed by atoms with Gasteiger partial charge in [0.1, 0.15) is 11.5 Å². The summed E-state index contributed by atoms with van der Waals surface area (Å²) in [5.74, 6) is -3.11. The van der Waals surface area contributed by atoms with Gasteiger partial charge in [0.25, 0.3) is 0 Å². The van der Waals surface area contributed by atoms with E-state index in [4.69, 9.17) is 10.2 Å². The number of benzene rings is 1. The third-order valence-corrected chi connectivity index (χ3v) is 2.07. The van der Waals surface area contributed by atoms with Gasteiger partial charge in [-0.05, 0) is 6.92 Å². The van der Waals surface area contributed by atoms with Crippen molar-refractivity contribution in [1.29, 1.82) is 0 Å². The van der Waals surface area contributed by atoms with Crippen LogP contribution < -0.4 is 11.1 Å². The van der Waals surface area contributed by atoms with Crippen LogP contribution in [0.15, 0.2) is 16.5 Å². The van der Waals surface area contributed by atoms with Crippen molar-refractivity contribution >= 4 is 11.7 Å². The zero-order chi connectivity index (χ0) is 13.3. The molecule has 2 aromatic rings. The Hall–Kier alpha value is -2.09. The molecule has 18 heavy (non-hydrogen) atoms. The molecular formula is C10H9F3N4O. The number of rotatable bonds is 3. The standard InChI is InChI=1S/C10H9F3N4O/c1-4(14)9-16-17-10(18-9)15-8-6(12)2-5(11)3-7(8)13/h2-4H,14H2,1H3,(H,15,17). The maximum Gasteiger partial charge on any atom is 0.320 e. The number of nitrogens with one attached hydrogen (secondary N) is 1. The zero-order valence-electron chi connectivity index (χ0n) is 9.25. The smallest absolute Gasteiger partial charge is 0.320 e. The van der Waals surface area contributed by atoms with Crippen molar-refractivity contribution in [2.24, 2.45) is 5.73 Å². The van der Waals surface area contributed by atoms with Crippen molar-refractivity contribution in [2.45, 2.75) is 13.0 Å². The Bertz CT molecular complexity index is 547. The van der Waals surface area contributed by atoms with Crippen molar-refractivity contribution < 1.29 is 17.6 Å². The summed E-state index contributed by atoms with van der Waals surface area (Å²) in [6.45, 7) is 1.61. The summed E-state index contributed by atoms with van der Waals surface area (Å²) in [6.07, 6.45) is 0. The average Bonchev–Trinajstić information content (AvgIpc) is 2.71. The lowest BCUT2D eigenvalue weighted by Crippen LogP contribution is -2.04. The molecule has 0 amide bonds. The van der Waals surface area contributed by atoms with E-state index in [1.165, 1.54) is 0 Å². The van der Waals surface area contributed by atoms with Gasteiger partial charge >= 0.3 is 6.01 Å². The number of nitrogens with zero attached hydrogens (tertiary/aromatic N) is 2. The fourth-order valence-electron chi connectivity index (χ4n) is 1.24. The minimum absolute atomic E-state index is 0.112. The third kappa shape index (κ3) is 2.43. The van der Waals surface area contributed by atoms with E-state index >= 15 is 0 Å². The summed E-state index contributed by atoms with van der Waals surface area (Å²) in [4.78, 5) is 0. The van der Waals surface area contributed by atoms with Gasteiger partial charge in [-0.3, -0.25) is 0 Å². The lowest BCUT2D eigenvalue weighted by Gasteiger charge is -2.04. The van der Waals surface area contributed by atoms with Gasteiger partial charge in [0.15, 0.2) is 11.6 Å². The third-order valence-electron chi connectivity index (χ3n) is 2.07. The molecule has 0 radical (unpaired) electrons. The molecule has 1 unspecified atom stereocenters. The van der Waals surface area contributed by atoms with E-state index in [0.717, 1.165) is 0 Å². The topological polar surface area (TPSA) is 77.0 Å². The lowest BCUT2D eigenvalue weighted by atomic mass is 10.3. The van der Waals surface area contributed by atoms with Gasteiger partial charge in [0.2, 0.25) is 5.89 Å². The number of nitrogens with two attached hydrogens (primary N) is 1. The monoisotopic (exact) mass is 258 g/mol. The van der Waals surface area contributed by atoms with Crippen LogP contribution >= 0.6 is 0 Å². The molecule has 0 aliphatic heterocycles. The van der Waals surface area contributed by atoms with E-state index < -0.39 is 29.2 Å². The second-order valence-electron chi connectivity index (χ2n) is 3.60. The molecule has 5 nitrogen and oxygen atoms in total. The number of hydrogen-bond donors (Lipinski definition) is 2. The van der Waals surface area contributed by atoms with Crippen LogP contribution in [0.3, 0.4) is 0 Å². The van der Waals surface area contributed by atoms with Crippen LogP contribution in [0.4, 0.5) is 24.9 Å². The molecular weight excluding hydrogens is 249 g/mol. The Balaban J connectivity index is 2.28.